The van der Waals surface area contributed by atoms with Gasteiger partial charge in [-0.1, -0.05) is 55.0 Å². The highest BCUT2D eigenvalue weighted by Crippen LogP contribution is 2.29. The molecule has 0 aliphatic carbocycles. The van der Waals surface area contributed by atoms with Crippen LogP contribution in [0, 0.1) is 6.92 Å². The third-order valence-electron chi connectivity index (χ3n) is 7.32. The summed E-state index contributed by atoms with van der Waals surface area (Å²) in [6.45, 7) is 6.95. The predicted molar refractivity (Wildman–Crippen MR) is 180 cm³/mol. The molecule has 4 aromatic carbocycles. The van der Waals surface area contributed by atoms with E-state index in [0.29, 0.717) is 23.7 Å². The van der Waals surface area contributed by atoms with Gasteiger partial charge in [-0.3, -0.25) is 13.9 Å². The van der Waals surface area contributed by atoms with Crippen molar-refractivity contribution in [3.05, 3.63) is 114 Å². The predicted octanol–water partition coefficient (Wildman–Crippen LogP) is 6.32. The number of rotatable bonds is 14. The normalized spacial score (nSPS) is 11.9. The van der Waals surface area contributed by atoms with E-state index in [4.69, 9.17) is 9.47 Å². The summed E-state index contributed by atoms with van der Waals surface area (Å²) in [5, 5.41) is 2.91. The van der Waals surface area contributed by atoms with E-state index in [1.54, 1.807) is 55.6 Å². The standard InChI is InChI=1S/C36H41N3O6S/c1-6-34(36(41)37-26(2)3)38(24-28-14-18-30(44-5)19-15-28)35(40)25-39(46(42,43)33-22-12-27(4)13-23-33)29-16-20-32(21-17-29)45-31-10-8-7-9-11-31/h7-23,26,34H,6,24-25H2,1-5H3,(H,37,41). The summed E-state index contributed by atoms with van der Waals surface area (Å²) in [5.41, 5.74) is 1.94. The number of carbonyl (C=O) groups is 2. The molecule has 0 saturated carbocycles. The van der Waals surface area contributed by atoms with Crippen molar-refractivity contribution < 1.29 is 27.5 Å². The number of para-hydroxylation sites is 1. The first-order valence-corrected chi connectivity index (χ1v) is 16.6. The summed E-state index contributed by atoms with van der Waals surface area (Å²) in [5.74, 6) is 0.957. The highest BCUT2D eigenvalue weighted by Gasteiger charge is 2.34. The van der Waals surface area contributed by atoms with E-state index in [0.717, 1.165) is 15.4 Å². The molecule has 1 atom stereocenters. The van der Waals surface area contributed by atoms with Gasteiger partial charge in [-0.2, -0.15) is 0 Å². The van der Waals surface area contributed by atoms with E-state index in [2.05, 4.69) is 5.32 Å². The molecule has 0 radical (unpaired) electrons. The van der Waals surface area contributed by atoms with Crippen LogP contribution in [0.15, 0.2) is 108 Å². The Labute approximate surface area is 271 Å². The molecule has 242 valence electrons. The van der Waals surface area contributed by atoms with Crippen molar-refractivity contribution in [2.75, 3.05) is 18.0 Å². The van der Waals surface area contributed by atoms with Crippen LogP contribution in [0.5, 0.6) is 17.2 Å². The van der Waals surface area contributed by atoms with E-state index in [1.165, 1.54) is 17.0 Å². The van der Waals surface area contributed by atoms with Crippen LogP contribution >= 0.6 is 0 Å². The Morgan fingerprint density at radius 3 is 1.96 bits per heavy atom. The largest absolute Gasteiger partial charge is 0.497 e. The van der Waals surface area contributed by atoms with Gasteiger partial charge in [0, 0.05) is 12.6 Å². The molecule has 0 saturated heterocycles. The van der Waals surface area contributed by atoms with Gasteiger partial charge in [0.15, 0.2) is 0 Å². The second-order valence-corrected chi connectivity index (χ2v) is 13.1. The average Bonchev–Trinajstić information content (AvgIpc) is 3.04. The zero-order valence-corrected chi connectivity index (χ0v) is 27.7. The number of nitrogens with zero attached hydrogens (tertiary/aromatic N) is 2. The number of ether oxygens (including phenoxy) is 2. The Hall–Kier alpha value is -4.83. The molecule has 0 aliphatic rings. The monoisotopic (exact) mass is 643 g/mol. The minimum absolute atomic E-state index is 0.0433. The Kier molecular flexibility index (Phi) is 11.4. The Balaban J connectivity index is 1.72. The molecule has 0 spiro atoms. The van der Waals surface area contributed by atoms with Gasteiger partial charge in [-0.25, -0.2) is 8.42 Å². The lowest BCUT2D eigenvalue weighted by atomic mass is 10.1. The van der Waals surface area contributed by atoms with Crippen molar-refractivity contribution >= 4 is 27.5 Å². The summed E-state index contributed by atoms with van der Waals surface area (Å²) in [6, 6.07) is 28.4. The number of hydrogen-bond acceptors (Lipinski definition) is 6. The van der Waals surface area contributed by atoms with Crippen LogP contribution in [0.25, 0.3) is 0 Å². The highest BCUT2D eigenvalue weighted by molar-refractivity contribution is 7.92. The smallest absolute Gasteiger partial charge is 0.264 e. The lowest BCUT2D eigenvalue weighted by Crippen LogP contribution is -2.53. The molecule has 10 heteroatoms. The molecule has 0 heterocycles. The molecule has 1 unspecified atom stereocenters. The van der Waals surface area contributed by atoms with Gasteiger partial charge in [-0.15, -0.1) is 0 Å². The lowest BCUT2D eigenvalue weighted by molar-refractivity contribution is -0.140. The quantitative estimate of drug-likeness (QED) is 0.172. The number of aryl methyl sites for hydroxylation is 1. The van der Waals surface area contributed by atoms with Crippen molar-refractivity contribution in [2.45, 2.75) is 57.6 Å². The Morgan fingerprint density at radius 1 is 0.804 bits per heavy atom. The average molecular weight is 644 g/mol. The number of methoxy groups -OCH3 is 1. The molecular weight excluding hydrogens is 602 g/mol. The van der Waals surface area contributed by atoms with Gasteiger partial charge < -0.3 is 19.7 Å². The van der Waals surface area contributed by atoms with E-state index in [9.17, 15) is 18.0 Å². The van der Waals surface area contributed by atoms with Gasteiger partial charge >= 0.3 is 0 Å². The maximum absolute atomic E-state index is 14.3. The van der Waals surface area contributed by atoms with Crippen molar-refractivity contribution in [1.82, 2.24) is 10.2 Å². The molecule has 0 aliphatic heterocycles. The van der Waals surface area contributed by atoms with E-state index in [1.807, 2.05) is 70.2 Å². The highest BCUT2D eigenvalue weighted by atomic mass is 32.2. The summed E-state index contributed by atoms with van der Waals surface area (Å²) in [4.78, 5) is 29.1. The third kappa shape index (κ3) is 8.66. The van der Waals surface area contributed by atoms with Crippen LogP contribution in [0.3, 0.4) is 0 Å². The Morgan fingerprint density at radius 2 is 1.39 bits per heavy atom. The Bertz CT molecular complexity index is 1690. The van der Waals surface area contributed by atoms with Crippen LogP contribution in [0.2, 0.25) is 0 Å². The summed E-state index contributed by atoms with van der Waals surface area (Å²) in [7, 11) is -2.63. The second-order valence-electron chi connectivity index (χ2n) is 11.2. The molecule has 0 bridgehead atoms. The van der Waals surface area contributed by atoms with E-state index < -0.39 is 28.5 Å². The maximum Gasteiger partial charge on any atom is 0.264 e. The van der Waals surface area contributed by atoms with Gasteiger partial charge in [-0.05, 0) is 93.4 Å². The molecular formula is C36H41N3O6S. The van der Waals surface area contributed by atoms with Crippen LogP contribution in [-0.4, -0.2) is 50.9 Å². The number of hydrogen-bond donors (Lipinski definition) is 1. The number of benzene rings is 4. The molecule has 2 amide bonds. The van der Waals surface area contributed by atoms with Crippen molar-refractivity contribution in [2.24, 2.45) is 0 Å². The van der Waals surface area contributed by atoms with Crippen molar-refractivity contribution in [3.8, 4) is 17.2 Å². The lowest BCUT2D eigenvalue weighted by Gasteiger charge is -2.33. The first-order valence-electron chi connectivity index (χ1n) is 15.2. The summed E-state index contributed by atoms with van der Waals surface area (Å²) >= 11 is 0. The van der Waals surface area contributed by atoms with Crippen LogP contribution in [0.4, 0.5) is 5.69 Å². The SMILES string of the molecule is CCC(C(=O)NC(C)C)N(Cc1ccc(OC)cc1)C(=O)CN(c1ccc(Oc2ccccc2)cc1)S(=O)(=O)c1ccc(C)cc1. The number of anilines is 1. The number of amides is 2. The molecule has 4 rings (SSSR count). The summed E-state index contributed by atoms with van der Waals surface area (Å²) in [6.07, 6.45) is 0.330. The second kappa shape index (κ2) is 15.4. The fourth-order valence-electron chi connectivity index (χ4n) is 4.90. The molecule has 0 aromatic heterocycles. The fraction of sp³-hybridized carbons (Fsp3) is 0.278. The number of nitrogens with one attached hydrogen (secondary N) is 1. The fourth-order valence-corrected chi connectivity index (χ4v) is 6.31. The third-order valence-corrected chi connectivity index (χ3v) is 9.11. The van der Waals surface area contributed by atoms with Gasteiger partial charge in [0.25, 0.3) is 10.0 Å². The van der Waals surface area contributed by atoms with Crippen LogP contribution in [-0.2, 0) is 26.2 Å². The van der Waals surface area contributed by atoms with Crippen molar-refractivity contribution in [3.63, 3.8) is 0 Å². The number of carbonyl (C=O) groups excluding carboxylic acids is 2. The minimum atomic E-state index is -4.20. The van der Waals surface area contributed by atoms with Crippen LogP contribution < -0.4 is 19.1 Å². The first kappa shape index (κ1) is 34.1. The van der Waals surface area contributed by atoms with Crippen LogP contribution in [0.1, 0.15) is 38.3 Å². The van der Waals surface area contributed by atoms with E-state index >= 15 is 0 Å². The van der Waals surface area contributed by atoms with Gasteiger partial charge in [0.05, 0.1) is 17.7 Å². The zero-order chi connectivity index (χ0) is 33.3. The first-order chi connectivity index (χ1) is 22.0. The van der Waals surface area contributed by atoms with Crippen molar-refractivity contribution in [1.29, 1.82) is 0 Å². The molecule has 4 aromatic rings. The topological polar surface area (TPSA) is 105 Å². The molecule has 46 heavy (non-hydrogen) atoms. The number of sulfonamides is 1. The zero-order valence-electron chi connectivity index (χ0n) is 26.8. The molecule has 1 N–H and O–H groups in total. The van der Waals surface area contributed by atoms with Gasteiger partial charge in [0.1, 0.15) is 29.8 Å². The molecule has 9 nitrogen and oxygen atoms in total. The maximum atomic E-state index is 14.3. The van der Waals surface area contributed by atoms with E-state index in [-0.39, 0.29) is 29.1 Å². The van der Waals surface area contributed by atoms with Gasteiger partial charge in [0.2, 0.25) is 11.8 Å². The summed E-state index contributed by atoms with van der Waals surface area (Å²) < 4.78 is 40.6. The molecule has 0 fully saturated rings. The minimum Gasteiger partial charge on any atom is -0.497 e.